The van der Waals surface area contributed by atoms with Crippen molar-refractivity contribution in [2.75, 3.05) is 18.6 Å². The van der Waals surface area contributed by atoms with Crippen LogP contribution in [0.15, 0.2) is 18.2 Å². The topological polar surface area (TPSA) is 38.5 Å². The maximum atomic E-state index is 6.15. The highest BCUT2D eigenvalue weighted by molar-refractivity contribution is 6.30. The zero-order chi connectivity index (χ0) is 14.7. The number of likely N-dealkylation sites (N-methyl/N-ethyl adjacent to an activating group) is 1. The van der Waals surface area contributed by atoms with Crippen LogP contribution in [-0.4, -0.2) is 31.8 Å². The highest BCUT2D eigenvalue weighted by Crippen LogP contribution is 2.30. The largest absolute Gasteiger partial charge is 0.376 e. The van der Waals surface area contributed by atoms with Gasteiger partial charge in [-0.05, 0) is 49.9 Å². The first kappa shape index (κ1) is 15.6. The molecule has 2 rings (SSSR count). The van der Waals surface area contributed by atoms with E-state index in [1.165, 1.54) is 11.3 Å². The maximum Gasteiger partial charge on any atom is 0.0750 e. The Kier molecular flexibility index (Phi) is 5.30. The molecule has 1 saturated heterocycles. The van der Waals surface area contributed by atoms with Crippen molar-refractivity contribution in [2.45, 2.75) is 51.3 Å². The van der Waals surface area contributed by atoms with Gasteiger partial charge in [-0.25, -0.2) is 0 Å². The lowest BCUT2D eigenvalue weighted by atomic mass is 10.0. The SMILES string of the molecule is CCC(N)Cc1cc(Cl)ccc1N(C)C1CCOC1C. The average molecular weight is 297 g/mol. The molecule has 3 nitrogen and oxygen atoms in total. The lowest BCUT2D eigenvalue weighted by Crippen LogP contribution is -2.37. The lowest BCUT2D eigenvalue weighted by Gasteiger charge is -2.31. The van der Waals surface area contributed by atoms with E-state index < -0.39 is 0 Å². The van der Waals surface area contributed by atoms with Crippen LogP contribution in [0.25, 0.3) is 0 Å². The molecule has 1 aliphatic rings. The Balaban J connectivity index is 2.25. The molecule has 0 aromatic heterocycles. The molecule has 4 heteroatoms. The molecule has 3 atom stereocenters. The van der Waals surface area contributed by atoms with Gasteiger partial charge >= 0.3 is 0 Å². The Morgan fingerprint density at radius 2 is 2.25 bits per heavy atom. The van der Waals surface area contributed by atoms with Gasteiger partial charge in [0.05, 0.1) is 12.1 Å². The van der Waals surface area contributed by atoms with Gasteiger partial charge in [-0.3, -0.25) is 0 Å². The minimum atomic E-state index is 0.179. The van der Waals surface area contributed by atoms with Crippen LogP contribution in [0.3, 0.4) is 0 Å². The van der Waals surface area contributed by atoms with Gasteiger partial charge in [0.15, 0.2) is 0 Å². The van der Waals surface area contributed by atoms with Crippen molar-refractivity contribution in [2.24, 2.45) is 5.73 Å². The van der Waals surface area contributed by atoms with E-state index in [2.05, 4.69) is 31.9 Å². The van der Waals surface area contributed by atoms with Gasteiger partial charge in [0, 0.05) is 30.4 Å². The van der Waals surface area contributed by atoms with Crippen LogP contribution in [0, 0.1) is 0 Å². The molecule has 0 amide bonds. The molecule has 20 heavy (non-hydrogen) atoms. The summed E-state index contributed by atoms with van der Waals surface area (Å²) in [6.45, 7) is 5.10. The fraction of sp³-hybridized carbons (Fsp3) is 0.625. The highest BCUT2D eigenvalue weighted by atomic mass is 35.5. The van der Waals surface area contributed by atoms with E-state index in [1.807, 2.05) is 12.1 Å². The molecule has 1 fully saturated rings. The Morgan fingerprint density at radius 1 is 1.50 bits per heavy atom. The van der Waals surface area contributed by atoms with E-state index in [0.29, 0.717) is 6.04 Å². The molecule has 0 spiro atoms. The second kappa shape index (κ2) is 6.79. The summed E-state index contributed by atoms with van der Waals surface area (Å²) >= 11 is 6.15. The third-order valence-corrected chi connectivity index (χ3v) is 4.50. The molecule has 1 aromatic carbocycles. The summed E-state index contributed by atoms with van der Waals surface area (Å²) in [7, 11) is 2.14. The van der Waals surface area contributed by atoms with E-state index in [4.69, 9.17) is 22.1 Å². The smallest absolute Gasteiger partial charge is 0.0750 e. The van der Waals surface area contributed by atoms with Gasteiger partial charge in [0.1, 0.15) is 0 Å². The third kappa shape index (κ3) is 3.46. The first-order valence-corrected chi connectivity index (χ1v) is 7.79. The van der Waals surface area contributed by atoms with Crippen LogP contribution < -0.4 is 10.6 Å². The van der Waals surface area contributed by atoms with Gasteiger partial charge in [0.25, 0.3) is 0 Å². The van der Waals surface area contributed by atoms with E-state index >= 15 is 0 Å². The summed E-state index contributed by atoms with van der Waals surface area (Å²) in [4.78, 5) is 2.33. The third-order valence-electron chi connectivity index (χ3n) is 4.26. The summed E-state index contributed by atoms with van der Waals surface area (Å²) in [6, 6.07) is 6.70. The van der Waals surface area contributed by atoms with Crippen LogP contribution in [-0.2, 0) is 11.2 Å². The first-order valence-electron chi connectivity index (χ1n) is 7.41. The molecular formula is C16H25ClN2O. The molecule has 112 valence electrons. The number of halogens is 1. The number of hydrogen-bond donors (Lipinski definition) is 1. The fourth-order valence-electron chi connectivity index (χ4n) is 2.90. The normalized spacial score (nSPS) is 23.9. The van der Waals surface area contributed by atoms with Crippen molar-refractivity contribution >= 4 is 17.3 Å². The zero-order valence-corrected chi connectivity index (χ0v) is 13.4. The molecule has 1 heterocycles. The second-order valence-electron chi connectivity index (χ2n) is 5.69. The standard InChI is InChI=1S/C16H25ClN2O/c1-4-14(18)10-12-9-13(17)5-6-16(12)19(3)15-7-8-20-11(15)2/h5-6,9,11,14-15H,4,7-8,10,18H2,1-3H3. The minimum absolute atomic E-state index is 0.179. The molecule has 0 bridgehead atoms. The Hall–Kier alpha value is -0.770. The van der Waals surface area contributed by atoms with Crippen molar-refractivity contribution in [3.8, 4) is 0 Å². The number of ether oxygens (including phenoxy) is 1. The number of anilines is 1. The molecule has 2 N–H and O–H groups in total. The number of rotatable bonds is 5. The summed E-state index contributed by atoms with van der Waals surface area (Å²) in [5, 5.41) is 0.774. The van der Waals surface area contributed by atoms with Crippen LogP contribution >= 0.6 is 11.6 Å². The summed E-state index contributed by atoms with van der Waals surface area (Å²) < 4.78 is 5.68. The summed E-state index contributed by atoms with van der Waals surface area (Å²) in [5.41, 5.74) is 8.57. The molecule has 1 aliphatic heterocycles. The van der Waals surface area contributed by atoms with Gasteiger partial charge in [-0.1, -0.05) is 18.5 Å². The van der Waals surface area contributed by atoms with Gasteiger partial charge in [0.2, 0.25) is 0 Å². The molecule has 0 aliphatic carbocycles. The zero-order valence-electron chi connectivity index (χ0n) is 12.6. The minimum Gasteiger partial charge on any atom is -0.376 e. The van der Waals surface area contributed by atoms with Gasteiger partial charge < -0.3 is 15.4 Å². The molecule has 0 saturated carbocycles. The average Bonchev–Trinajstić information content (AvgIpc) is 2.84. The van der Waals surface area contributed by atoms with Crippen LogP contribution in [0.2, 0.25) is 5.02 Å². The van der Waals surface area contributed by atoms with Crippen molar-refractivity contribution in [1.82, 2.24) is 0 Å². The van der Waals surface area contributed by atoms with E-state index in [1.54, 1.807) is 0 Å². The quantitative estimate of drug-likeness (QED) is 0.906. The van der Waals surface area contributed by atoms with Crippen molar-refractivity contribution < 1.29 is 4.74 Å². The molecule has 3 unspecified atom stereocenters. The maximum absolute atomic E-state index is 6.15. The summed E-state index contributed by atoms with van der Waals surface area (Å²) in [6.07, 6.45) is 3.17. The van der Waals surface area contributed by atoms with Gasteiger partial charge in [-0.2, -0.15) is 0 Å². The second-order valence-corrected chi connectivity index (χ2v) is 6.12. The molecule has 1 aromatic rings. The summed E-state index contributed by atoms with van der Waals surface area (Å²) in [5.74, 6) is 0. The van der Waals surface area contributed by atoms with Crippen LogP contribution in [0.4, 0.5) is 5.69 Å². The highest BCUT2D eigenvalue weighted by Gasteiger charge is 2.29. The number of benzene rings is 1. The van der Waals surface area contributed by atoms with Crippen LogP contribution in [0.1, 0.15) is 32.3 Å². The number of nitrogens with zero attached hydrogens (tertiary/aromatic N) is 1. The Bertz CT molecular complexity index is 452. The Labute approximate surface area is 127 Å². The van der Waals surface area contributed by atoms with E-state index in [-0.39, 0.29) is 12.1 Å². The molecule has 0 radical (unpaired) electrons. The number of hydrogen-bond acceptors (Lipinski definition) is 3. The predicted molar refractivity (Wildman–Crippen MR) is 85.6 cm³/mol. The Morgan fingerprint density at radius 3 is 2.85 bits per heavy atom. The monoisotopic (exact) mass is 296 g/mol. The van der Waals surface area contributed by atoms with E-state index in [9.17, 15) is 0 Å². The predicted octanol–water partition coefficient (Wildman–Crippen LogP) is 3.23. The van der Waals surface area contributed by atoms with E-state index in [0.717, 1.165) is 30.9 Å². The van der Waals surface area contributed by atoms with Gasteiger partial charge in [-0.15, -0.1) is 0 Å². The van der Waals surface area contributed by atoms with Crippen molar-refractivity contribution in [3.05, 3.63) is 28.8 Å². The van der Waals surface area contributed by atoms with Crippen LogP contribution in [0.5, 0.6) is 0 Å². The van der Waals surface area contributed by atoms with Crippen molar-refractivity contribution in [1.29, 1.82) is 0 Å². The van der Waals surface area contributed by atoms with Crippen molar-refractivity contribution in [3.63, 3.8) is 0 Å². The molecular weight excluding hydrogens is 272 g/mol. The number of nitrogens with two attached hydrogens (primary N) is 1. The lowest BCUT2D eigenvalue weighted by molar-refractivity contribution is 0.118. The fourth-order valence-corrected chi connectivity index (χ4v) is 3.09. The first-order chi connectivity index (χ1) is 9.52.